The van der Waals surface area contributed by atoms with E-state index in [1.807, 2.05) is 12.1 Å². The molecule has 0 atom stereocenters. The Morgan fingerprint density at radius 2 is 2.05 bits per heavy atom. The molecule has 1 N–H and O–H groups in total. The lowest BCUT2D eigenvalue weighted by Crippen LogP contribution is -2.18. The van der Waals surface area contributed by atoms with Gasteiger partial charge in [-0.1, -0.05) is 23.7 Å². The van der Waals surface area contributed by atoms with Gasteiger partial charge in [-0.05, 0) is 29.5 Å². The Bertz CT molecular complexity index is 539. The van der Waals surface area contributed by atoms with Crippen LogP contribution in [-0.4, -0.2) is 30.2 Å². The Balaban J connectivity index is 2.10. The highest BCUT2D eigenvalue weighted by molar-refractivity contribution is 7.99. The Kier molecular flexibility index (Phi) is 6.26. The first-order chi connectivity index (χ1) is 9.81. The first-order valence-corrected chi connectivity index (χ1v) is 7.42. The van der Waals surface area contributed by atoms with E-state index in [1.165, 1.54) is 11.8 Å². The summed E-state index contributed by atoms with van der Waals surface area (Å²) in [5, 5.41) is 4.73. The quantitative estimate of drug-likeness (QED) is 0.629. The van der Waals surface area contributed by atoms with Gasteiger partial charge in [-0.25, -0.2) is 9.97 Å². The van der Waals surface area contributed by atoms with Crippen LogP contribution in [0.25, 0.3) is 0 Å². The monoisotopic (exact) mass is 309 g/mol. The standard InChI is InChI=1S/C14H16ClN3OS/c1-19-9-8-16-10-11-4-2-5-12(15)13(11)20-14-17-6-3-7-18-14/h2-7,16H,8-10H2,1H3. The fraction of sp³-hybridized carbons (Fsp3) is 0.286. The number of nitrogens with one attached hydrogen (secondary N) is 1. The molecule has 2 aromatic rings. The number of nitrogens with zero attached hydrogens (tertiary/aromatic N) is 2. The maximum atomic E-state index is 6.29. The molecule has 0 radical (unpaired) electrons. The fourth-order valence-corrected chi connectivity index (χ4v) is 2.79. The summed E-state index contributed by atoms with van der Waals surface area (Å²) in [4.78, 5) is 9.43. The normalized spacial score (nSPS) is 10.7. The third-order valence-electron chi connectivity index (χ3n) is 2.58. The van der Waals surface area contributed by atoms with E-state index in [0.717, 1.165) is 23.5 Å². The summed E-state index contributed by atoms with van der Waals surface area (Å²) in [5.74, 6) is 0. The van der Waals surface area contributed by atoms with Crippen molar-refractivity contribution in [1.29, 1.82) is 0 Å². The van der Waals surface area contributed by atoms with Crippen molar-refractivity contribution >= 4 is 23.4 Å². The number of benzene rings is 1. The van der Waals surface area contributed by atoms with Gasteiger partial charge in [-0.15, -0.1) is 0 Å². The summed E-state index contributed by atoms with van der Waals surface area (Å²) in [7, 11) is 1.69. The van der Waals surface area contributed by atoms with Gasteiger partial charge in [0.2, 0.25) is 0 Å². The Morgan fingerprint density at radius 3 is 2.80 bits per heavy atom. The van der Waals surface area contributed by atoms with E-state index >= 15 is 0 Å². The van der Waals surface area contributed by atoms with Gasteiger partial charge >= 0.3 is 0 Å². The van der Waals surface area contributed by atoms with Crippen molar-refractivity contribution in [2.75, 3.05) is 20.3 Å². The second-order valence-corrected chi connectivity index (χ2v) is 5.42. The first kappa shape index (κ1) is 15.3. The first-order valence-electron chi connectivity index (χ1n) is 6.23. The number of methoxy groups -OCH3 is 1. The van der Waals surface area contributed by atoms with E-state index in [2.05, 4.69) is 21.4 Å². The van der Waals surface area contributed by atoms with E-state index in [4.69, 9.17) is 16.3 Å². The van der Waals surface area contributed by atoms with E-state index in [9.17, 15) is 0 Å². The predicted octanol–water partition coefficient (Wildman–Crippen LogP) is 3.02. The maximum absolute atomic E-state index is 6.29. The van der Waals surface area contributed by atoms with E-state index in [-0.39, 0.29) is 0 Å². The molecule has 1 heterocycles. The minimum Gasteiger partial charge on any atom is -0.383 e. The number of halogens is 1. The van der Waals surface area contributed by atoms with Crippen LogP contribution in [0.5, 0.6) is 0 Å². The van der Waals surface area contributed by atoms with Crippen LogP contribution in [0.3, 0.4) is 0 Å². The van der Waals surface area contributed by atoms with E-state index in [1.54, 1.807) is 25.6 Å². The zero-order chi connectivity index (χ0) is 14.2. The number of hydrogen-bond donors (Lipinski definition) is 1. The molecule has 0 bridgehead atoms. The predicted molar refractivity (Wildman–Crippen MR) is 81.2 cm³/mol. The molecule has 0 aliphatic heterocycles. The topological polar surface area (TPSA) is 47.0 Å². The van der Waals surface area contributed by atoms with Crippen LogP contribution < -0.4 is 5.32 Å². The highest BCUT2D eigenvalue weighted by Gasteiger charge is 2.10. The molecular weight excluding hydrogens is 294 g/mol. The highest BCUT2D eigenvalue weighted by atomic mass is 35.5. The molecule has 4 nitrogen and oxygen atoms in total. The van der Waals surface area contributed by atoms with Crippen molar-refractivity contribution in [2.24, 2.45) is 0 Å². The largest absolute Gasteiger partial charge is 0.383 e. The van der Waals surface area contributed by atoms with Crippen molar-refractivity contribution in [3.63, 3.8) is 0 Å². The van der Waals surface area contributed by atoms with Crippen molar-refractivity contribution in [3.8, 4) is 0 Å². The average Bonchev–Trinajstić information content (AvgIpc) is 2.48. The zero-order valence-corrected chi connectivity index (χ0v) is 12.7. The third kappa shape index (κ3) is 4.45. The summed E-state index contributed by atoms with van der Waals surface area (Å²) in [5.41, 5.74) is 1.13. The van der Waals surface area contributed by atoms with Crippen LogP contribution in [0, 0.1) is 0 Å². The Labute approximate surface area is 127 Å². The molecule has 0 saturated carbocycles. The number of aromatic nitrogens is 2. The lowest BCUT2D eigenvalue weighted by molar-refractivity contribution is 0.199. The average molecular weight is 310 g/mol. The molecule has 1 aromatic carbocycles. The second-order valence-electron chi connectivity index (χ2n) is 4.03. The molecule has 106 valence electrons. The third-order valence-corrected chi connectivity index (χ3v) is 4.09. The van der Waals surface area contributed by atoms with Crippen LogP contribution in [0.1, 0.15) is 5.56 Å². The summed E-state index contributed by atoms with van der Waals surface area (Å²) in [6.45, 7) is 2.22. The van der Waals surface area contributed by atoms with Crippen LogP contribution in [0.4, 0.5) is 0 Å². The van der Waals surface area contributed by atoms with Crippen molar-refractivity contribution < 1.29 is 4.74 Å². The molecule has 0 unspecified atom stereocenters. The highest BCUT2D eigenvalue weighted by Crippen LogP contribution is 2.34. The van der Waals surface area contributed by atoms with Gasteiger partial charge in [0.05, 0.1) is 11.6 Å². The molecule has 20 heavy (non-hydrogen) atoms. The van der Waals surface area contributed by atoms with Crippen LogP contribution in [-0.2, 0) is 11.3 Å². The second kappa shape index (κ2) is 8.21. The molecule has 1 aromatic heterocycles. The van der Waals surface area contributed by atoms with Gasteiger partial charge < -0.3 is 10.1 Å². The van der Waals surface area contributed by atoms with Gasteiger partial charge in [0.1, 0.15) is 0 Å². The van der Waals surface area contributed by atoms with Crippen LogP contribution >= 0.6 is 23.4 Å². The van der Waals surface area contributed by atoms with E-state index < -0.39 is 0 Å². The SMILES string of the molecule is COCCNCc1cccc(Cl)c1Sc1ncccn1. The van der Waals surface area contributed by atoms with Crippen LogP contribution in [0.2, 0.25) is 5.02 Å². The maximum Gasteiger partial charge on any atom is 0.192 e. The molecule has 0 amide bonds. The minimum atomic E-state index is 0.685. The zero-order valence-electron chi connectivity index (χ0n) is 11.2. The summed E-state index contributed by atoms with van der Waals surface area (Å²) >= 11 is 7.77. The summed E-state index contributed by atoms with van der Waals surface area (Å²) in [6, 6.07) is 7.68. The van der Waals surface area contributed by atoms with Gasteiger partial charge in [0, 0.05) is 37.5 Å². The van der Waals surface area contributed by atoms with Gasteiger partial charge in [0.15, 0.2) is 5.16 Å². The summed E-state index contributed by atoms with van der Waals surface area (Å²) < 4.78 is 5.02. The molecule has 2 rings (SSSR count). The van der Waals surface area contributed by atoms with Crippen molar-refractivity contribution in [1.82, 2.24) is 15.3 Å². The molecule has 0 saturated heterocycles. The van der Waals surface area contributed by atoms with Gasteiger partial charge in [-0.2, -0.15) is 0 Å². The van der Waals surface area contributed by atoms with Crippen molar-refractivity contribution in [3.05, 3.63) is 47.2 Å². The molecule has 0 spiro atoms. The number of hydrogen-bond acceptors (Lipinski definition) is 5. The lowest BCUT2D eigenvalue weighted by atomic mass is 10.2. The van der Waals surface area contributed by atoms with Crippen LogP contribution in [0.15, 0.2) is 46.7 Å². The van der Waals surface area contributed by atoms with Gasteiger partial charge in [0.25, 0.3) is 0 Å². The Morgan fingerprint density at radius 1 is 1.25 bits per heavy atom. The molecule has 6 heteroatoms. The summed E-state index contributed by atoms with van der Waals surface area (Å²) in [6.07, 6.45) is 3.45. The van der Waals surface area contributed by atoms with Crippen molar-refractivity contribution in [2.45, 2.75) is 16.6 Å². The minimum absolute atomic E-state index is 0.685. The number of rotatable bonds is 7. The van der Waals surface area contributed by atoms with Gasteiger partial charge in [-0.3, -0.25) is 0 Å². The molecule has 0 fully saturated rings. The fourth-order valence-electron chi connectivity index (χ4n) is 1.63. The van der Waals surface area contributed by atoms with E-state index in [0.29, 0.717) is 16.8 Å². The molecule has 0 aliphatic carbocycles. The molecule has 0 aliphatic rings. The molecular formula is C14H16ClN3OS. The smallest absolute Gasteiger partial charge is 0.192 e. The Hall–Kier alpha value is -1.14. The number of ether oxygens (including phenoxy) is 1. The lowest BCUT2D eigenvalue weighted by Gasteiger charge is -2.11.